The van der Waals surface area contributed by atoms with E-state index in [1.54, 1.807) is 17.8 Å². The number of carbonyl (C=O) groups excluding carboxylic acids is 1. The summed E-state index contributed by atoms with van der Waals surface area (Å²) in [4.78, 5) is 12.0. The molecule has 0 unspecified atom stereocenters. The molecule has 0 radical (unpaired) electrons. The monoisotopic (exact) mass is 399 g/mol. The standard InChI is InChI=1S/C18H22ClN3OS.ClH/c1-24-10-9-16(20)18(23)22-14-7-8-17(15(19)11-14)21-12-13-5-3-2-4-6-13;/h2-8,11,16,21H,9-10,12,20H2,1H3,(H,22,23);1H/t16-;/m0./s1. The normalized spacial score (nSPS) is 11.3. The second-order valence-electron chi connectivity index (χ2n) is 5.41. The van der Waals surface area contributed by atoms with Crippen molar-refractivity contribution < 1.29 is 4.79 Å². The van der Waals surface area contributed by atoms with E-state index in [0.717, 1.165) is 11.4 Å². The summed E-state index contributed by atoms with van der Waals surface area (Å²) in [6, 6.07) is 15.0. The van der Waals surface area contributed by atoms with Gasteiger partial charge in [0.2, 0.25) is 5.91 Å². The van der Waals surface area contributed by atoms with Gasteiger partial charge in [0.05, 0.1) is 16.8 Å². The predicted octanol–water partition coefficient (Wildman–Crippen LogP) is 4.39. The molecule has 0 saturated carbocycles. The van der Waals surface area contributed by atoms with Crippen molar-refractivity contribution in [3.8, 4) is 0 Å². The van der Waals surface area contributed by atoms with Crippen LogP contribution in [-0.4, -0.2) is 24.0 Å². The number of anilines is 2. The molecule has 4 nitrogen and oxygen atoms in total. The first-order chi connectivity index (χ1) is 11.6. The van der Waals surface area contributed by atoms with E-state index in [-0.39, 0.29) is 18.3 Å². The molecule has 0 aromatic heterocycles. The van der Waals surface area contributed by atoms with Gasteiger partial charge in [0.1, 0.15) is 0 Å². The molecule has 136 valence electrons. The Hall–Kier alpha value is -1.40. The molecule has 0 aliphatic rings. The fourth-order valence-corrected chi connectivity index (χ4v) is 2.88. The van der Waals surface area contributed by atoms with E-state index in [9.17, 15) is 4.79 Å². The zero-order valence-corrected chi connectivity index (χ0v) is 16.4. The summed E-state index contributed by atoms with van der Waals surface area (Å²) in [5.74, 6) is 0.669. The van der Waals surface area contributed by atoms with E-state index in [0.29, 0.717) is 23.7 Å². The van der Waals surface area contributed by atoms with E-state index in [1.165, 1.54) is 5.56 Å². The molecule has 0 fully saturated rings. The Morgan fingerprint density at radius 1 is 1.24 bits per heavy atom. The van der Waals surface area contributed by atoms with Crippen LogP contribution in [0.5, 0.6) is 0 Å². The van der Waals surface area contributed by atoms with Crippen LogP contribution in [-0.2, 0) is 11.3 Å². The van der Waals surface area contributed by atoms with Gasteiger partial charge in [0.15, 0.2) is 0 Å². The minimum Gasteiger partial charge on any atom is -0.380 e. The third-order valence-electron chi connectivity index (χ3n) is 3.53. The smallest absolute Gasteiger partial charge is 0.241 e. The number of amides is 1. The maximum Gasteiger partial charge on any atom is 0.241 e. The highest BCUT2D eigenvalue weighted by molar-refractivity contribution is 7.98. The number of benzene rings is 2. The number of nitrogens with two attached hydrogens (primary N) is 1. The largest absolute Gasteiger partial charge is 0.380 e. The number of halogens is 2. The average Bonchev–Trinajstić information content (AvgIpc) is 2.59. The molecular weight excluding hydrogens is 377 g/mol. The predicted molar refractivity (Wildman–Crippen MR) is 112 cm³/mol. The van der Waals surface area contributed by atoms with Gasteiger partial charge in [-0.3, -0.25) is 4.79 Å². The number of thioether (sulfide) groups is 1. The Kier molecular flexibility index (Phi) is 9.75. The first-order valence-corrected chi connectivity index (χ1v) is 9.50. The van der Waals surface area contributed by atoms with Crippen LogP contribution in [0.25, 0.3) is 0 Å². The van der Waals surface area contributed by atoms with Gasteiger partial charge in [-0.1, -0.05) is 41.9 Å². The summed E-state index contributed by atoms with van der Waals surface area (Å²) in [7, 11) is 0. The van der Waals surface area contributed by atoms with E-state index in [1.807, 2.05) is 48.7 Å². The van der Waals surface area contributed by atoms with E-state index < -0.39 is 6.04 Å². The van der Waals surface area contributed by atoms with Gasteiger partial charge in [0, 0.05) is 12.2 Å². The number of hydrogen-bond donors (Lipinski definition) is 3. The lowest BCUT2D eigenvalue weighted by Gasteiger charge is -2.13. The molecule has 2 rings (SSSR count). The first kappa shape index (κ1) is 21.6. The molecule has 2 aromatic rings. The van der Waals surface area contributed by atoms with Crippen LogP contribution >= 0.6 is 35.8 Å². The van der Waals surface area contributed by atoms with Crippen molar-refractivity contribution in [3.63, 3.8) is 0 Å². The van der Waals surface area contributed by atoms with Gasteiger partial charge in [-0.25, -0.2) is 0 Å². The molecule has 7 heteroatoms. The fraction of sp³-hybridized carbons (Fsp3) is 0.278. The quantitative estimate of drug-likeness (QED) is 0.615. The number of hydrogen-bond acceptors (Lipinski definition) is 4. The van der Waals surface area contributed by atoms with Gasteiger partial charge < -0.3 is 16.4 Å². The highest BCUT2D eigenvalue weighted by Crippen LogP contribution is 2.26. The van der Waals surface area contributed by atoms with Gasteiger partial charge in [-0.05, 0) is 42.2 Å². The molecule has 1 atom stereocenters. The molecule has 0 spiro atoms. The van der Waals surface area contributed by atoms with Gasteiger partial charge in [0.25, 0.3) is 0 Å². The Morgan fingerprint density at radius 2 is 1.96 bits per heavy atom. The van der Waals surface area contributed by atoms with Crippen molar-refractivity contribution in [3.05, 3.63) is 59.1 Å². The summed E-state index contributed by atoms with van der Waals surface area (Å²) in [6.45, 7) is 0.686. The maximum absolute atomic E-state index is 12.0. The minimum atomic E-state index is -0.507. The van der Waals surface area contributed by atoms with Crippen LogP contribution in [0.3, 0.4) is 0 Å². The zero-order chi connectivity index (χ0) is 17.4. The molecular formula is C18H23Cl2N3OS. The molecule has 0 aliphatic carbocycles. The Balaban J connectivity index is 0.00000312. The van der Waals surface area contributed by atoms with E-state index in [4.69, 9.17) is 17.3 Å². The van der Waals surface area contributed by atoms with Crippen LogP contribution in [0.4, 0.5) is 11.4 Å². The number of rotatable bonds is 8. The molecule has 2 aromatic carbocycles. The lowest BCUT2D eigenvalue weighted by molar-refractivity contribution is -0.117. The third-order valence-corrected chi connectivity index (χ3v) is 4.49. The lowest BCUT2D eigenvalue weighted by Crippen LogP contribution is -2.36. The molecule has 0 heterocycles. The van der Waals surface area contributed by atoms with E-state index >= 15 is 0 Å². The summed E-state index contributed by atoms with van der Waals surface area (Å²) in [6.07, 6.45) is 2.64. The molecule has 0 aliphatic heterocycles. The minimum absolute atomic E-state index is 0. The molecule has 1 amide bonds. The zero-order valence-electron chi connectivity index (χ0n) is 14.0. The second kappa shape index (κ2) is 11.3. The van der Waals surface area contributed by atoms with Crippen molar-refractivity contribution in [1.29, 1.82) is 0 Å². The maximum atomic E-state index is 12.0. The summed E-state index contributed by atoms with van der Waals surface area (Å²) < 4.78 is 0. The molecule has 4 N–H and O–H groups in total. The van der Waals surface area contributed by atoms with Crippen LogP contribution < -0.4 is 16.4 Å². The van der Waals surface area contributed by atoms with Crippen molar-refractivity contribution in [1.82, 2.24) is 0 Å². The van der Waals surface area contributed by atoms with Crippen molar-refractivity contribution in [2.24, 2.45) is 5.73 Å². The van der Waals surface area contributed by atoms with Crippen LogP contribution in [0.1, 0.15) is 12.0 Å². The summed E-state index contributed by atoms with van der Waals surface area (Å²) >= 11 is 7.97. The van der Waals surface area contributed by atoms with Crippen LogP contribution in [0.15, 0.2) is 48.5 Å². The van der Waals surface area contributed by atoms with Gasteiger partial charge in [-0.2, -0.15) is 11.8 Å². The van der Waals surface area contributed by atoms with Crippen molar-refractivity contribution in [2.45, 2.75) is 19.0 Å². The van der Waals surface area contributed by atoms with Crippen LogP contribution in [0.2, 0.25) is 5.02 Å². The van der Waals surface area contributed by atoms with Crippen LogP contribution in [0, 0.1) is 0 Å². The van der Waals surface area contributed by atoms with Gasteiger partial charge >= 0.3 is 0 Å². The Bertz CT molecular complexity index is 671. The highest BCUT2D eigenvalue weighted by atomic mass is 35.5. The molecule has 0 saturated heterocycles. The van der Waals surface area contributed by atoms with Crippen molar-refractivity contribution >= 4 is 53.1 Å². The topological polar surface area (TPSA) is 67.2 Å². The molecule has 25 heavy (non-hydrogen) atoms. The molecule has 0 bridgehead atoms. The third kappa shape index (κ3) is 7.16. The average molecular weight is 400 g/mol. The first-order valence-electron chi connectivity index (χ1n) is 7.73. The summed E-state index contributed by atoms with van der Waals surface area (Å²) in [5.41, 5.74) is 8.50. The Morgan fingerprint density at radius 3 is 2.60 bits per heavy atom. The number of nitrogens with one attached hydrogen (secondary N) is 2. The Labute approximate surface area is 164 Å². The SMILES string of the molecule is CSCC[C@H](N)C(=O)Nc1ccc(NCc2ccccc2)c(Cl)c1.Cl. The summed E-state index contributed by atoms with van der Waals surface area (Å²) in [5, 5.41) is 6.65. The van der Waals surface area contributed by atoms with E-state index in [2.05, 4.69) is 10.6 Å². The fourth-order valence-electron chi connectivity index (χ4n) is 2.14. The highest BCUT2D eigenvalue weighted by Gasteiger charge is 2.13. The van der Waals surface area contributed by atoms with Crippen molar-refractivity contribution in [2.75, 3.05) is 22.6 Å². The van der Waals surface area contributed by atoms with Gasteiger partial charge in [-0.15, -0.1) is 12.4 Å². The lowest BCUT2D eigenvalue weighted by atomic mass is 10.2. The second-order valence-corrected chi connectivity index (χ2v) is 6.80. The number of carbonyl (C=O) groups is 1.